The first-order valence-electron chi connectivity index (χ1n) is 7.71. The molecule has 6 nitrogen and oxygen atoms in total. The number of aromatic amines is 1. The summed E-state index contributed by atoms with van der Waals surface area (Å²) in [5, 5.41) is 11.5. The molecule has 1 aromatic heterocycles. The molecule has 0 atom stereocenters. The highest BCUT2D eigenvalue weighted by Gasteiger charge is 2.09. The summed E-state index contributed by atoms with van der Waals surface area (Å²) in [6.07, 6.45) is 4.67. The van der Waals surface area contributed by atoms with E-state index in [0.717, 1.165) is 30.7 Å². The molecule has 0 amide bonds. The predicted molar refractivity (Wildman–Crippen MR) is 93.2 cm³/mol. The minimum Gasteiger partial charge on any atom is -0.492 e. The van der Waals surface area contributed by atoms with E-state index in [0.29, 0.717) is 22.9 Å². The molecule has 0 unspecified atom stereocenters. The smallest absolute Gasteiger partial charge is 0.216 e. The fourth-order valence-corrected chi connectivity index (χ4v) is 2.38. The number of hydrogen-bond donors (Lipinski definition) is 1. The Morgan fingerprint density at radius 2 is 2.22 bits per heavy atom. The van der Waals surface area contributed by atoms with Gasteiger partial charge in [-0.1, -0.05) is 19.4 Å². The van der Waals surface area contributed by atoms with Gasteiger partial charge in [-0.15, -0.1) is 0 Å². The van der Waals surface area contributed by atoms with Crippen molar-refractivity contribution in [2.75, 3.05) is 13.7 Å². The van der Waals surface area contributed by atoms with Crippen LogP contribution in [0.5, 0.6) is 11.5 Å². The Balaban J connectivity index is 2.32. The van der Waals surface area contributed by atoms with Gasteiger partial charge in [-0.25, -0.2) is 0 Å². The van der Waals surface area contributed by atoms with Crippen molar-refractivity contribution in [3.63, 3.8) is 0 Å². The summed E-state index contributed by atoms with van der Waals surface area (Å²) < 4.78 is 13.2. The number of hydrogen-bond acceptors (Lipinski definition) is 5. The van der Waals surface area contributed by atoms with Gasteiger partial charge in [0.15, 0.2) is 17.3 Å². The summed E-state index contributed by atoms with van der Waals surface area (Å²) in [4.78, 5) is 0. The van der Waals surface area contributed by atoms with Crippen molar-refractivity contribution in [1.82, 2.24) is 14.9 Å². The van der Waals surface area contributed by atoms with Crippen LogP contribution in [0.2, 0.25) is 0 Å². The topological polar surface area (TPSA) is 64.4 Å². The molecule has 0 saturated carbocycles. The Labute approximate surface area is 141 Å². The summed E-state index contributed by atoms with van der Waals surface area (Å²) in [5.41, 5.74) is 0.822. The second-order valence-electron chi connectivity index (χ2n) is 4.92. The molecule has 124 valence electrons. The molecule has 0 saturated heterocycles. The zero-order valence-corrected chi connectivity index (χ0v) is 14.5. The number of H-pyrrole nitrogens is 1. The second kappa shape index (κ2) is 8.47. The number of nitrogens with zero attached hydrogens (tertiary/aromatic N) is 3. The van der Waals surface area contributed by atoms with Crippen LogP contribution in [-0.4, -0.2) is 34.8 Å². The van der Waals surface area contributed by atoms with Crippen LogP contribution in [0.15, 0.2) is 23.3 Å². The lowest BCUT2D eigenvalue weighted by Gasteiger charge is -2.11. The molecule has 0 aliphatic rings. The number of ether oxygens (including phenoxy) is 2. The third-order valence-corrected chi connectivity index (χ3v) is 3.56. The normalized spacial score (nSPS) is 11.1. The van der Waals surface area contributed by atoms with Crippen LogP contribution in [0, 0.1) is 4.77 Å². The molecular weight excluding hydrogens is 312 g/mol. The zero-order valence-electron chi connectivity index (χ0n) is 13.7. The SMILES string of the molecule is CCCCc1n[nH]c(=S)n1/N=C\c1cccc(OCC)c1OC. The third-order valence-electron chi connectivity index (χ3n) is 3.30. The van der Waals surface area contributed by atoms with Crippen LogP contribution in [0.1, 0.15) is 38.1 Å². The number of aryl methyl sites for hydroxylation is 1. The van der Waals surface area contributed by atoms with Gasteiger partial charge in [0.1, 0.15) is 0 Å². The monoisotopic (exact) mass is 334 g/mol. The second-order valence-corrected chi connectivity index (χ2v) is 5.30. The molecule has 23 heavy (non-hydrogen) atoms. The molecule has 1 N–H and O–H groups in total. The number of aromatic nitrogens is 3. The van der Waals surface area contributed by atoms with Crippen LogP contribution in [0.4, 0.5) is 0 Å². The lowest BCUT2D eigenvalue weighted by Crippen LogP contribution is -2.01. The summed E-state index contributed by atoms with van der Waals surface area (Å²) in [5.74, 6) is 2.18. The van der Waals surface area contributed by atoms with Gasteiger partial charge in [0, 0.05) is 12.0 Å². The van der Waals surface area contributed by atoms with Crippen LogP contribution >= 0.6 is 12.2 Å². The van der Waals surface area contributed by atoms with E-state index in [1.165, 1.54) is 0 Å². The number of rotatable bonds is 8. The van der Waals surface area contributed by atoms with Crippen LogP contribution in [0.3, 0.4) is 0 Å². The van der Waals surface area contributed by atoms with Gasteiger partial charge in [0.2, 0.25) is 4.77 Å². The molecule has 7 heteroatoms. The molecule has 1 heterocycles. The first-order valence-corrected chi connectivity index (χ1v) is 8.12. The maximum Gasteiger partial charge on any atom is 0.216 e. The van der Waals surface area contributed by atoms with Gasteiger partial charge in [-0.2, -0.15) is 14.9 Å². The number of unbranched alkanes of at least 4 members (excludes halogenated alkanes) is 1. The first kappa shape index (κ1) is 17.2. The number of para-hydroxylation sites is 1. The maximum atomic E-state index is 5.57. The van der Waals surface area contributed by atoms with Crippen LogP contribution < -0.4 is 9.47 Å². The predicted octanol–water partition coefficient (Wildman–Crippen LogP) is 3.57. The lowest BCUT2D eigenvalue weighted by atomic mass is 10.2. The summed E-state index contributed by atoms with van der Waals surface area (Å²) in [6, 6.07) is 5.69. The van der Waals surface area contributed by atoms with Crippen molar-refractivity contribution in [2.24, 2.45) is 5.10 Å². The Hall–Kier alpha value is -2.15. The largest absolute Gasteiger partial charge is 0.492 e. The summed E-state index contributed by atoms with van der Waals surface area (Å²) >= 11 is 5.24. The van der Waals surface area contributed by atoms with Crippen molar-refractivity contribution in [3.8, 4) is 11.5 Å². The minimum absolute atomic E-state index is 0.479. The number of nitrogens with one attached hydrogen (secondary N) is 1. The van der Waals surface area contributed by atoms with E-state index in [9.17, 15) is 0 Å². The molecule has 0 bridgehead atoms. The lowest BCUT2D eigenvalue weighted by molar-refractivity contribution is 0.310. The van der Waals surface area contributed by atoms with Crippen molar-refractivity contribution in [3.05, 3.63) is 34.4 Å². The van der Waals surface area contributed by atoms with E-state index in [4.69, 9.17) is 21.7 Å². The van der Waals surface area contributed by atoms with Gasteiger partial charge < -0.3 is 9.47 Å². The maximum absolute atomic E-state index is 5.57. The number of methoxy groups -OCH3 is 1. The fraction of sp³-hybridized carbons (Fsp3) is 0.438. The van der Waals surface area contributed by atoms with Crippen molar-refractivity contribution < 1.29 is 9.47 Å². The van der Waals surface area contributed by atoms with Gasteiger partial charge in [0.05, 0.1) is 19.9 Å². The fourth-order valence-electron chi connectivity index (χ4n) is 2.18. The molecule has 2 rings (SSSR count). The highest BCUT2D eigenvalue weighted by atomic mass is 32.1. The third kappa shape index (κ3) is 4.19. The molecule has 0 spiro atoms. The molecular formula is C16H22N4O2S. The average Bonchev–Trinajstić information content (AvgIpc) is 2.91. The van der Waals surface area contributed by atoms with E-state index in [1.807, 2.05) is 25.1 Å². The molecule has 1 aromatic carbocycles. The molecule has 0 aliphatic heterocycles. The molecule has 0 fully saturated rings. The van der Waals surface area contributed by atoms with E-state index >= 15 is 0 Å². The minimum atomic E-state index is 0.479. The first-order chi connectivity index (χ1) is 11.2. The van der Waals surface area contributed by atoms with E-state index in [2.05, 4.69) is 22.2 Å². The quantitative estimate of drug-likeness (QED) is 0.592. The Bertz CT molecular complexity index is 721. The highest BCUT2D eigenvalue weighted by molar-refractivity contribution is 7.71. The van der Waals surface area contributed by atoms with Crippen LogP contribution in [-0.2, 0) is 6.42 Å². The Morgan fingerprint density at radius 3 is 2.91 bits per heavy atom. The van der Waals surface area contributed by atoms with Crippen molar-refractivity contribution >= 4 is 18.4 Å². The zero-order chi connectivity index (χ0) is 16.7. The highest BCUT2D eigenvalue weighted by Crippen LogP contribution is 2.29. The summed E-state index contributed by atoms with van der Waals surface area (Å²) in [6.45, 7) is 4.65. The van der Waals surface area contributed by atoms with E-state index in [1.54, 1.807) is 18.0 Å². The molecule has 2 aromatic rings. The van der Waals surface area contributed by atoms with Gasteiger partial charge in [-0.05, 0) is 37.7 Å². The Kier molecular flexibility index (Phi) is 6.34. The van der Waals surface area contributed by atoms with Gasteiger partial charge in [0.25, 0.3) is 0 Å². The number of benzene rings is 1. The van der Waals surface area contributed by atoms with Gasteiger partial charge >= 0.3 is 0 Å². The standard InChI is InChI=1S/C16H22N4O2S/c1-4-6-10-14-18-19-16(23)20(14)17-11-12-8-7-9-13(22-5-2)15(12)21-3/h7-9,11H,4-6,10H2,1-3H3,(H,19,23)/b17-11-. The van der Waals surface area contributed by atoms with E-state index in [-0.39, 0.29) is 0 Å². The van der Waals surface area contributed by atoms with E-state index < -0.39 is 0 Å². The van der Waals surface area contributed by atoms with Crippen LogP contribution in [0.25, 0.3) is 0 Å². The molecule has 0 radical (unpaired) electrons. The molecule has 0 aliphatic carbocycles. The summed E-state index contributed by atoms with van der Waals surface area (Å²) in [7, 11) is 1.62. The van der Waals surface area contributed by atoms with Crippen molar-refractivity contribution in [1.29, 1.82) is 0 Å². The Morgan fingerprint density at radius 1 is 1.39 bits per heavy atom. The van der Waals surface area contributed by atoms with Crippen molar-refractivity contribution in [2.45, 2.75) is 33.1 Å². The average molecular weight is 334 g/mol. The van der Waals surface area contributed by atoms with Gasteiger partial charge in [-0.3, -0.25) is 5.10 Å².